The minimum absolute atomic E-state index is 0.129. The Labute approximate surface area is 140 Å². The average molecular weight is 357 g/mol. The van der Waals surface area contributed by atoms with Crippen LogP contribution in [-0.4, -0.2) is 64.4 Å². The average Bonchev–Trinajstić information content (AvgIpc) is 2.96. The molecule has 1 aliphatic heterocycles. The van der Waals surface area contributed by atoms with Crippen LogP contribution in [0.1, 0.15) is 12.6 Å². The number of β-lactam (4-membered cyclic amide) rings is 1. The van der Waals surface area contributed by atoms with E-state index in [2.05, 4.69) is 20.3 Å². The first kappa shape index (κ1) is 17.6. The Balaban J connectivity index is 2.02. The molecule has 2 rings (SSSR count). The molecule has 0 radical (unpaired) electrons. The van der Waals surface area contributed by atoms with Crippen molar-refractivity contribution >= 4 is 40.0 Å². The number of amides is 2. The van der Waals surface area contributed by atoms with Gasteiger partial charge in [-0.05, 0) is 6.92 Å². The van der Waals surface area contributed by atoms with E-state index in [-0.39, 0.29) is 16.5 Å². The standard InChI is InChI=1S/C12H15N5O6S/c1-5-8(11(21)17(5)23-3-7(18)19)15-10(20)9(16-22-2)6-4-24-12(13)14-6/h4-5,8H,3H2,1-2H3,(H2,13,14)(H,15,20)(H,18,19)/t5-,8-/m0/s1. The zero-order valence-corrected chi connectivity index (χ0v) is 13.6. The number of thiazole rings is 1. The third-order valence-corrected chi connectivity index (χ3v) is 3.79. The van der Waals surface area contributed by atoms with E-state index in [1.54, 1.807) is 6.92 Å². The lowest BCUT2D eigenvalue weighted by Crippen LogP contribution is -2.70. The lowest BCUT2D eigenvalue weighted by molar-refractivity contribution is -0.233. The van der Waals surface area contributed by atoms with Crippen LogP contribution >= 0.6 is 11.3 Å². The van der Waals surface area contributed by atoms with Crippen LogP contribution < -0.4 is 11.1 Å². The Bertz CT molecular complexity index is 689. The van der Waals surface area contributed by atoms with Gasteiger partial charge in [0, 0.05) is 5.38 Å². The third-order valence-electron chi connectivity index (χ3n) is 3.11. The van der Waals surface area contributed by atoms with Gasteiger partial charge in [0.2, 0.25) is 0 Å². The molecule has 2 heterocycles. The van der Waals surface area contributed by atoms with Crippen molar-refractivity contribution in [2.75, 3.05) is 19.5 Å². The molecule has 0 bridgehead atoms. The summed E-state index contributed by atoms with van der Waals surface area (Å²) in [7, 11) is 1.27. The summed E-state index contributed by atoms with van der Waals surface area (Å²) in [6.07, 6.45) is 0. The van der Waals surface area contributed by atoms with Gasteiger partial charge in [-0.3, -0.25) is 14.4 Å². The Morgan fingerprint density at radius 3 is 2.79 bits per heavy atom. The summed E-state index contributed by atoms with van der Waals surface area (Å²) in [5, 5.41) is 17.3. The molecule has 2 atom stereocenters. The maximum atomic E-state index is 12.3. The summed E-state index contributed by atoms with van der Waals surface area (Å²) in [5.74, 6) is -2.45. The Morgan fingerprint density at radius 1 is 1.58 bits per heavy atom. The zero-order chi connectivity index (χ0) is 17.9. The summed E-state index contributed by atoms with van der Waals surface area (Å²) in [4.78, 5) is 48.1. The van der Waals surface area contributed by atoms with Gasteiger partial charge < -0.3 is 21.0 Å². The highest BCUT2D eigenvalue weighted by molar-refractivity contribution is 7.13. The number of carboxylic acids is 1. The van der Waals surface area contributed by atoms with Crippen molar-refractivity contribution in [3.63, 3.8) is 0 Å². The molecule has 1 aromatic heterocycles. The number of nitrogen functional groups attached to an aromatic ring is 1. The summed E-state index contributed by atoms with van der Waals surface area (Å²) in [5.41, 5.74) is 5.61. The number of carboxylic acid groups (broad SMARTS) is 1. The number of anilines is 1. The number of carbonyl (C=O) groups excluding carboxylic acids is 2. The van der Waals surface area contributed by atoms with E-state index in [4.69, 9.17) is 15.7 Å². The number of hydrogen-bond donors (Lipinski definition) is 3. The fourth-order valence-corrected chi connectivity index (χ4v) is 2.54. The molecule has 0 unspecified atom stereocenters. The second kappa shape index (κ2) is 7.23. The molecule has 1 aliphatic rings. The van der Waals surface area contributed by atoms with Crippen LogP contribution in [0.5, 0.6) is 0 Å². The van der Waals surface area contributed by atoms with Crippen LogP contribution in [-0.2, 0) is 24.1 Å². The van der Waals surface area contributed by atoms with E-state index in [1.807, 2.05) is 0 Å². The molecule has 0 aliphatic carbocycles. The number of nitrogens with zero attached hydrogens (tertiary/aromatic N) is 3. The Kier molecular flexibility index (Phi) is 5.31. The molecule has 0 spiro atoms. The normalized spacial score (nSPS) is 20.5. The molecule has 1 aromatic rings. The quantitative estimate of drug-likeness (QED) is 0.312. The van der Waals surface area contributed by atoms with Crippen LogP contribution in [0.4, 0.5) is 5.13 Å². The third kappa shape index (κ3) is 3.60. The van der Waals surface area contributed by atoms with Crippen molar-refractivity contribution in [2.24, 2.45) is 5.16 Å². The van der Waals surface area contributed by atoms with Crippen LogP contribution in [0.25, 0.3) is 0 Å². The van der Waals surface area contributed by atoms with E-state index in [0.717, 1.165) is 16.4 Å². The summed E-state index contributed by atoms with van der Waals surface area (Å²) in [6, 6.07) is -1.41. The number of nitrogens with one attached hydrogen (secondary N) is 1. The first-order valence-corrected chi connectivity index (χ1v) is 7.54. The largest absolute Gasteiger partial charge is 0.479 e. The minimum atomic E-state index is -1.21. The van der Waals surface area contributed by atoms with Gasteiger partial charge >= 0.3 is 5.97 Å². The number of hydroxylamine groups is 2. The number of hydrogen-bond acceptors (Lipinski definition) is 9. The number of aliphatic carboxylic acids is 1. The van der Waals surface area contributed by atoms with Gasteiger partial charge in [0.15, 0.2) is 17.5 Å². The van der Waals surface area contributed by atoms with Gasteiger partial charge in [0.05, 0.1) is 6.04 Å². The molecule has 130 valence electrons. The van der Waals surface area contributed by atoms with Crippen molar-refractivity contribution in [1.82, 2.24) is 15.4 Å². The summed E-state index contributed by atoms with van der Waals surface area (Å²) >= 11 is 1.12. The zero-order valence-electron chi connectivity index (χ0n) is 12.8. The van der Waals surface area contributed by atoms with Gasteiger partial charge in [-0.25, -0.2) is 14.8 Å². The van der Waals surface area contributed by atoms with Gasteiger partial charge in [-0.15, -0.1) is 11.3 Å². The molecule has 0 saturated carbocycles. The summed E-state index contributed by atoms with van der Waals surface area (Å²) in [6.45, 7) is 0.952. The molecule has 4 N–H and O–H groups in total. The lowest BCUT2D eigenvalue weighted by Gasteiger charge is -2.43. The van der Waals surface area contributed by atoms with Gasteiger partial charge in [-0.1, -0.05) is 5.16 Å². The predicted molar refractivity (Wildman–Crippen MR) is 81.9 cm³/mol. The minimum Gasteiger partial charge on any atom is -0.479 e. The fraction of sp³-hybridized carbons (Fsp3) is 0.417. The number of oxime groups is 1. The molecule has 11 nitrogen and oxygen atoms in total. The van der Waals surface area contributed by atoms with E-state index >= 15 is 0 Å². The number of carbonyl (C=O) groups is 3. The highest BCUT2D eigenvalue weighted by Crippen LogP contribution is 2.20. The predicted octanol–water partition coefficient (Wildman–Crippen LogP) is -1.19. The first-order chi connectivity index (χ1) is 11.3. The maximum absolute atomic E-state index is 12.3. The topological polar surface area (TPSA) is 156 Å². The van der Waals surface area contributed by atoms with E-state index in [9.17, 15) is 14.4 Å². The highest BCUT2D eigenvalue weighted by atomic mass is 32.1. The lowest BCUT2D eigenvalue weighted by atomic mass is 10.00. The molecule has 12 heteroatoms. The fourth-order valence-electron chi connectivity index (χ4n) is 1.99. The molecule has 24 heavy (non-hydrogen) atoms. The van der Waals surface area contributed by atoms with Crippen LogP contribution in [0.15, 0.2) is 10.5 Å². The molecular weight excluding hydrogens is 342 g/mol. The van der Waals surface area contributed by atoms with Crippen LogP contribution in [0.3, 0.4) is 0 Å². The van der Waals surface area contributed by atoms with Crippen molar-refractivity contribution in [3.8, 4) is 0 Å². The van der Waals surface area contributed by atoms with E-state index in [1.165, 1.54) is 12.5 Å². The highest BCUT2D eigenvalue weighted by Gasteiger charge is 2.47. The SMILES string of the molecule is CON=C(C(=O)N[C@@H]1C(=O)N(OCC(=O)O)[C@H]1C)c1csc(N)n1. The smallest absolute Gasteiger partial charge is 0.332 e. The van der Waals surface area contributed by atoms with Gasteiger partial charge in [-0.2, -0.15) is 0 Å². The van der Waals surface area contributed by atoms with E-state index < -0.39 is 36.5 Å². The Hall–Kier alpha value is -2.73. The monoisotopic (exact) mass is 357 g/mol. The maximum Gasteiger partial charge on any atom is 0.332 e. The number of nitrogens with two attached hydrogens (primary N) is 1. The van der Waals surface area contributed by atoms with Crippen molar-refractivity contribution < 1.29 is 29.2 Å². The second-order valence-electron chi connectivity index (χ2n) is 4.72. The Morgan fingerprint density at radius 2 is 2.29 bits per heavy atom. The molecule has 1 saturated heterocycles. The number of rotatable bonds is 7. The van der Waals surface area contributed by atoms with Crippen molar-refractivity contribution in [3.05, 3.63) is 11.1 Å². The second-order valence-corrected chi connectivity index (χ2v) is 5.61. The summed E-state index contributed by atoms with van der Waals surface area (Å²) < 4.78 is 0. The molecule has 2 amide bonds. The molecule has 0 aromatic carbocycles. The van der Waals surface area contributed by atoms with Gasteiger partial charge in [0.25, 0.3) is 11.8 Å². The number of aromatic nitrogens is 1. The van der Waals surface area contributed by atoms with Crippen molar-refractivity contribution in [2.45, 2.75) is 19.0 Å². The van der Waals surface area contributed by atoms with E-state index in [0.29, 0.717) is 0 Å². The molecular formula is C12H15N5O6S. The van der Waals surface area contributed by atoms with Gasteiger partial charge in [0.1, 0.15) is 18.8 Å². The first-order valence-electron chi connectivity index (χ1n) is 6.66. The van der Waals surface area contributed by atoms with Crippen molar-refractivity contribution in [1.29, 1.82) is 0 Å². The molecule has 1 fully saturated rings. The van der Waals surface area contributed by atoms with Crippen LogP contribution in [0, 0.1) is 0 Å². The van der Waals surface area contributed by atoms with Crippen LogP contribution in [0.2, 0.25) is 0 Å².